The quantitative estimate of drug-likeness (QED) is 0.702. The van der Waals surface area contributed by atoms with Gasteiger partial charge in [-0.3, -0.25) is 0 Å². The van der Waals surface area contributed by atoms with E-state index in [4.69, 9.17) is 9.97 Å². The summed E-state index contributed by atoms with van der Waals surface area (Å²) in [6, 6.07) is 10.8. The molecule has 1 aliphatic heterocycles. The Hall–Kier alpha value is -1.90. The van der Waals surface area contributed by atoms with E-state index in [-0.39, 0.29) is 10.8 Å². The zero-order valence-electron chi connectivity index (χ0n) is 17.1. The van der Waals surface area contributed by atoms with Crippen molar-refractivity contribution >= 4 is 5.95 Å². The number of piperidine rings is 1. The molecule has 2 heterocycles. The van der Waals surface area contributed by atoms with Gasteiger partial charge in [0.05, 0.1) is 11.4 Å². The molecule has 2 aromatic rings. The number of nitrogens with zero attached hydrogens (tertiary/aromatic N) is 3. The number of hydrogen-bond donors (Lipinski definition) is 0. The summed E-state index contributed by atoms with van der Waals surface area (Å²) in [4.78, 5) is 12.9. The predicted octanol–water partition coefficient (Wildman–Crippen LogP) is 5.55. The van der Waals surface area contributed by atoms with Crippen molar-refractivity contribution in [2.75, 3.05) is 18.0 Å². The summed E-state index contributed by atoms with van der Waals surface area (Å²) in [7, 11) is 0. The third-order valence-corrected chi connectivity index (χ3v) is 8.02. The second-order valence-corrected chi connectivity index (χ2v) is 9.84. The van der Waals surface area contributed by atoms with E-state index >= 15 is 0 Å². The molecule has 0 spiro atoms. The highest BCUT2D eigenvalue weighted by Gasteiger charge is 2.61. The van der Waals surface area contributed by atoms with Crippen LogP contribution in [0.25, 0.3) is 11.3 Å². The topological polar surface area (TPSA) is 29.0 Å². The van der Waals surface area contributed by atoms with Crippen LogP contribution in [-0.2, 0) is 5.41 Å². The molecule has 27 heavy (non-hydrogen) atoms. The van der Waals surface area contributed by atoms with Gasteiger partial charge in [0.25, 0.3) is 0 Å². The summed E-state index contributed by atoms with van der Waals surface area (Å²) in [5, 5.41) is 0. The molecule has 3 heteroatoms. The van der Waals surface area contributed by atoms with Gasteiger partial charge in [-0.2, -0.15) is 0 Å². The van der Waals surface area contributed by atoms with Gasteiger partial charge >= 0.3 is 0 Å². The van der Waals surface area contributed by atoms with E-state index in [1.807, 2.05) is 0 Å². The number of hydrogen-bond acceptors (Lipinski definition) is 3. The molecule has 3 unspecified atom stereocenters. The predicted molar refractivity (Wildman–Crippen MR) is 111 cm³/mol. The monoisotopic (exact) mass is 361 g/mol. The van der Waals surface area contributed by atoms with Crippen LogP contribution >= 0.6 is 0 Å². The first-order valence-electron chi connectivity index (χ1n) is 10.6. The molecule has 0 N–H and O–H groups in total. The van der Waals surface area contributed by atoms with E-state index in [0.717, 1.165) is 25.0 Å². The van der Waals surface area contributed by atoms with Crippen molar-refractivity contribution in [2.24, 2.45) is 11.3 Å². The smallest absolute Gasteiger partial charge is 0.226 e. The Labute approximate surface area is 163 Å². The molecule has 142 valence electrons. The first-order valence-corrected chi connectivity index (χ1v) is 10.6. The first kappa shape index (κ1) is 17.2. The third-order valence-electron chi connectivity index (χ3n) is 8.02. The molecular weight excluding hydrogens is 330 g/mol. The number of anilines is 1. The van der Waals surface area contributed by atoms with Gasteiger partial charge in [-0.25, -0.2) is 9.97 Å². The van der Waals surface area contributed by atoms with Gasteiger partial charge in [0.1, 0.15) is 0 Å². The van der Waals surface area contributed by atoms with Crippen molar-refractivity contribution in [3.63, 3.8) is 0 Å². The molecule has 1 saturated heterocycles. The maximum atomic E-state index is 5.26. The van der Waals surface area contributed by atoms with Crippen LogP contribution in [0.4, 0.5) is 5.95 Å². The Balaban J connectivity index is 1.72. The third kappa shape index (κ3) is 2.33. The van der Waals surface area contributed by atoms with Crippen molar-refractivity contribution < 1.29 is 0 Å². The Bertz CT molecular complexity index is 873. The Morgan fingerprint density at radius 3 is 2.56 bits per heavy atom. The summed E-state index contributed by atoms with van der Waals surface area (Å²) in [5.41, 5.74) is 5.63. The summed E-state index contributed by atoms with van der Waals surface area (Å²) >= 11 is 0. The van der Waals surface area contributed by atoms with Crippen LogP contribution in [-0.4, -0.2) is 23.1 Å². The second-order valence-electron chi connectivity index (χ2n) is 9.84. The molecule has 1 saturated carbocycles. The number of fused-ring (bicyclic) bond motifs is 5. The summed E-state index contributed by atoms with van der Waals surface area (Å²) in [5.74, 6) is 2.25. The maximum absolute atomic E-state index is 5.26. The molecule has 3 aliphatic rings. The van der Waals surface area contributed by atoms with Gasteiger partial charge in [-0.05, 0) is 42.9 Å². The molecule has 2 aliphatic carbocycles. The molecule has 1 aromatic heterocycles. The standard InChI is InChI=1S/C24H31N3/c1-16-9-8-14-27(15-16)22-25-20(17-10-6-5-7-11-17)19-18-12-13-24(4,21(19)26-22)23(18,2)3/h5-7,10-11,16,18H,8-9,12-15H2,1-4H3. The normalized spacial score (nSPS) is 31.2. The average molecular weight is 362 g/mol. The van der Waals surface area contributed by atoms with Gasteiger partial charge in [0, 0.05) is 29.6 Å². The highest BCUT2D eigenvalue weighted by atomic mass is 15.3. The minimum Gasteiger partial charge on any atom is -0.341 e. The van der Waals surface area contributed by atoms with E-state index in [0.29, 0.717) is 5.92 Å². The molecule has 2 fully saturated rings. The SMILES string of the molecule is CC1CCCN(c2nc(-c3ccccc3)c3c(n2)C2(C)CCC3C2(C)C)C1. The van der Waals surface area contributed by atoms with Gasteiger partial charge in [-0.15, -0.1) is 0 Å². The van der Waals surface area contributed by atoms with Crippen LogP contribution in [0.5, 0.6) is 0 Å². The van der Waals surface area contributed by atoms with E-state index < -0.39 is 0 Å². The minimum absolute atomic E-state index is 0.162. The fourth-order valence-electron chi connectivity index (χ4n) is 5.97. The van der Waals surface area contributed by atoms with Crippen LogP contribution in [0.1, 0.15) is 70.6 Å². The summed E-state index contributed by atoms with van der Waals surface area (Å²) < 4.78 is 0. The number of benzene rings is 1. The largest absolute Gasteiger partial charge is 0.341 e. The Morgan fingerprint density at radius 1 is 1.04 bits per heavy atom. The summed E-state index contributed by atoms with van der Waals surface area (Å²) in [6.07, 6.45) is 5.08. The highest BCUT2D eigenvalue weighted by molar-refractivity contribution is 5.70. The lowest BCUT2D eigenvalue weighted by atomic mass is 9.70. The fraction of sp³-hybridized carbons (Fsp3) is 0.583. The van der Waals surface area contributed by atoms with Crippen LogP contribution in [0.15, 0.2) is 30.3 Å². The lowest BCUT2D eigenvalue weighted by Gasteiger charge is -2.35. The zero-order chi connectivity index (χ0) is 18.8. The maximum Gasteiger partial charge on any atom is 0.226 e. The van der Waals surface area contributed by atoms with Crippen molar-refractivity contribution in [1.82, 2.24) is 9.97 Å². The molecule has 0 radical (unpaired) electrons. The summed E-state index contributed by atoms with van der Waals surface area (Å²) in [6.45, 7) is 11.9. The average Bonchev–Trinajstić information content (AvgIpc) is 3.00. The van der Waals surface area contributed by atoms with Gasteiger partial charge in [0.15, 0.2) is 0 Å². The molecule has 5 rings (SSSR count). The van der Waals surface area contributed by atoms with Crippen molar-refractivity contribution in [3.8, 4) is 11.3 Å². The van der Waals surface area contributed by atoms with Crippen molar-refractivity contribution in [1.29, 1.82) is 0 Å². The van der Waals surface area contributed by atoms with Gasteiger partial charge < -0.3 is 4.90 Å². The first-order chi connectivity index (χ1) is 12.9. The highest BCUT2D eigenvalue weighted by Crippen LogP contribution is 2.68. The molecule has 0 amide bonds. The molecular formula is C24H31N3. The lowest BCUT2D eigenvalue weighted by molar-refractivity contribution is 0.227. The van der Waals surface area contributed by atoms with Gasteiger partial charge in [0.2, 0.25) is 5.95 Å². The van der Waals surface area contributed by atoms with E-state index in [2.05, 4.69) is 62.9 Å². The molecule has 2 bridgehead atoms. The number of rotatable bonds is 2. The Morgan fingerprint density at radius 2 is 1.81 bits per heavy atom. The van der Waals surface area contributed by atoms with E-state index in [9.17, 15) is 0 Å². The molecule has 1 aromatic carbocycles. The minimum atomic E-state index is 0.162. The van der Waals surface area contributed by atoms with E-state index in [1.165, 1.54) is 48.2 Å². The fourth-order valence-corrected chi connectivity index (χ4v) is 5.97. The van der Waals surface area contributed by atoms with Crippen LogP contribution in [0, 0.1) is 11.3 Å². The van der Waals surface area contributed by atoms with Crippen LogP contribution in [0.3, 0.4) is 0 Å². The second kappa shape index (κ2) is 5.80. The van der Waals surface area contributed by atoms with Gasteiger partial charge in [-0.1, -0.05) is 58.0 Å². The zero-order valence-corrected chi connectivity index (χ0v) is 17.1. The molecule has 3 atom stereocenters. The number of aromatic nitrogens is 2. The lowest BCUT2D eigenvalue weighted by Crippen LogP contribution is -2.37. The Kier molecular flexibility index (Phi) is 3.70. The molecule has 3 nitrogen and oxygen atoms in total. The van der Waals surface area contributed by atoms with Crippen molar-refractivity contribution in [2.45, 2.75) is 64.7 Å². The van der Waals surface area contributed by atoms with Crippen LogP contribution < -0.4 is 4.90 Å². The van der Waals surface area contributed by atoms with E-state index in [1.54, 1.807) is 0 Å². The van der Waals surface area contributed by atoms with Crippen molar-refractivity contribution in [3.05, 3.63) is 41.6 Å². The van der Waals surface area contributed by atoms with Crippen LogP contribution in [0.2, 0.25) is 0 Å².